The van der Waals surface area contributed by atoms with E-state index in [0.29, 0.717) is 38.0 Å². The van der Waals surface area contributed by atoms with E-state index in [1.807, 2.05) is 18.5 Å². The molecule has 6 rings (SSSR count). The van der Waals surface area contributed by atoms with Crippen LogP contribution >= 0.6 is 0 Å². The first-order valence-corrected chi connectivity index (χ1v) is 12.0. The van der Waals surface area contributed by atoms with Gasteiger partial charge in [-0.2, -0.15) is 0 Å². The summed E-state index contributed by atoms with van der Waals surface area (Å²) in [5, 5.41) is 4.16. The molecule has 10 heteroatoms. The minimum Gasteiger partial charge on any atom is -0.381 e. The fraction of sp³-hybridized carbons (Fsp3) is 0.500. The van der Waals surface area contributed by atoms with E-state index in [1.54, 1.807) is 12.4 Å². The Kier molecular flexibility index (Phi) is 5.76. The van der Waals surface area contributed by atoms with E-state index in [9.17, 15) is 4.79 Å². The van der Waals surface area contributed by atoms with Crippen LogP contribution in [-0.4, -0.2) is 84.5 Å². The van der Waals surface area contributed by atoms with Crippen LogP contribution in [0.3, 0.4) is 0 Å². The lowest BCUT2D eigenvalue weighted by Crippen LogP contribution is -2.57. The first kappa shape index (κ1) is 21.3. The van der Waals surface area contributed by atoms with Crippen molar-refractivity contribution in [2.45, 2.75) is 18.9 Å². The summed E-state index contributed by atoms with van der Waals surface area (Å²) in [5.74, 6) is 2.00. The number of carbonyl (C=O) groups is 1. The Morgan fingerprint density at radius 2 is 2.09 bits per heavy atom. The number of nitrogens with zero attached hydrogens (tertiary/aromatic N) is 5. The molecule has 3 aromatic rings. The summed E-state index contributed by atoms with van der Waals surface area (Å²) in [6.45, 7) is 5.29. The molecule has 2 saturated heterocycles. The van der Waals surface area contributed by atoms with Crippen LogP contribution in [0.1, 0.15) is 12.8 Å². The van der Waals surface area contributed by atoms with Crippen LogP contribution in [0.4, 0.5) is 11.5 Å². The Hall–Kier alpha value is -3.24. The number of rotatable bonds is 5. The van der Waals surface area contributed by atoms with Gasteiger partial charge in [-0.15, -0.1) is 0 Å². The molecular formula is C24H29N7O3. The maximum atomic E-state index is 12.8. The van der Waals surface area contributed by atoms with E-state index in [4.69, 9.17) is 19.4 Å². The van der Waals surface area contributed by atoms with Gasteiger partial charge in [-0.3, -0.25) is 9.78 Å². The van der Waals surface area contributed by atoms with Crippen molar-refractivity contribution in [1.29, 1.82) is 0 Å². The van der Waals surface area contributed by atoms with Crippen LogP contribution in [0.15, 0.2) is 30.9 Å². The average Bonchev–Trinajstić information content (AvgIpc) is 3.37. The number of pyridine rings is 1. The van der Waals surface area contributed by atoms with E-state index in [1.165, 1.54) is 0 Å². The van der Waals surface area contributed by atoms with E-state index < -0.39 is 0 Å². The van der Waals surface area contributed by atoms with Gasteiger partial charge in [-0.05, 0) is 24.8 Å². The molecule has 3 aromatic heterocycles. The maximum Gasteiger partial charge on any atom is 0.239 e. The van der Waals surface area contributed by atoms with Gasteiger partial charge in [0.05, 0.1) is 49.4 Å². The molecule has 178 valence electrons. The second-order valence-corrected chi connectivity index (χ2v) is 9.19. The van der Waals surface area contributed by atoms with Crippen LogP contribution in [0.5, 0.6) is 0 Å². The van der Waals surface area contributed by atoms with E-state index >= 15 is 0 Å². The highest BCUT2D eigenvalue weighted by Crippen LogP contribution is 2.36. The van der Waals surface area contributed by atoms with Crippen LogP contribution in [0.2, 0.25) is 0 Å². The lowest BCUT2D eigenvalue weighted by atomic mass is 10.0. The molecule has 2 N–H and O–H groups in total. The predicted molar refractivity (Wildman–Crippen MR) is 128 cm³/mol. The minimum atomic E-state index is 0.0213. The van der Waals surface area contributed by atoms with Crippen LogP contribution in [0, 0.1) is 5.92 Å². The number of morpholine rings is 1. The van der Waals surface area contributed by atoms with Crippen LogP contribution in [-0.2, 0) is 14.3 Å². The normalized spacial score (nSPS) is 20.8. The summed E-state index contributed by atoms with van der Waals surface area (Å²) in [6, 6.07) is 2.16. The fourth-order valence-electron chi connectivity index (χ4n) is 5.11. The molecular weight excluding hydrogens is 434 g/mol. The summed E-state index contributed by atoms with van der Waals surface area (Å²) in [4.78, 5) is 34.5. The predicted octanol–water partition coefficient (Wildman–Crippen LogP) is 1.59. The van der Waals surface area contributed by atoms with Gasteiger partial charge in [-0.25, -0.2) is 9.97 Å². The standard InChI is InChI=1S/C24H29N7O3/c32-22(27-9-16-2-6-33-7-3-16)14-30-13-17-15-34-8-5-31(17)24-21(30)12-28-23(29-24)19-10-25-11-20-18(19)1-4-26-20/h1,4,10-12,16-17,26H,2-3,5-9,13-15H2,(H,27,32)/t17-/m1/s1. The molecule has 0 unspecified atom stereocenters. The highest BCUT2D eigenvalue weighted by Gasteiger charge is 2.35. The Bertz CT molecular complexity index is 1180. The second kappa shape index (κ2) is 9.19. The molecule has 0 radical (unpaired) electrons. The van der Waals surface area contributed by atoms with Gasteiger partial charge < -0.3 is 29.6 Å². The van der Waals surface area contributed by atoms with Crippen LogP contribution in [0.25, 0.3) is 22.3 Å². The zero-order valence-electron chi connectivity index (χ0n) is 19.1. The van der Waals surface area contributed by atoms with Crippen molar-refractivity contribution in [3.05, 3.63) is 30.9 Å². The Balaban J connectivity index is 1.26. The van der Waals surface area contributed by atoms with E-state index in [-0.39, 0.29) is 18.5 Å². The number of fused-ring (bicyclic) bond motifs is 4. The van der Waals surface area contributed by atoms with Gasteiger partial charge in [0, 0.05) is 56.2 Å². The lowest BCUT2D eigenvalue weighted by molar-refractivity contribution is -0.120. The molecule has 1 atom stereocenters. The fourth-order valence-corrected chi connectivity index (χ4v) is 5.11. The Labute approximate surface area is 197 Å². The number of hydrogen-bond donors (Lipinski definition) is 2. The highest BCUT2D eigenvalue weighted by atomic mass is 16.5. The van der Waals surface area contributed by atoms with Gasteiger partial charge in [0.15, 0.2) is 11.6 Å². The molecule has 0 bridgehead atoms. The number of carbonyl (C=O) groups excluding carboxylic acids is 1. The number of aromatic amines is 1. The van der Waals surface area contributed by atoms with E-state index in [0.717, 1.165) is 60.6 Å². The third-order valence-corrected chi connectivity index (χ3v) is 7.00. The topological polar surface area (TPSA) is 108 Å². The average molecular weight is 464 g/mol. The first-order valence-electron chi connectivity index (χ1n) is 12.0. The first-order chi connectivity index (χ1) is 16.8. The van der Waals surface area contributed by atoms with Gasteiger partial charge in [0.1, 0.15) is 0 Å². The third-order valence-electron chi connectivity index (χ3n) is 7.00. The third kappa shape index (κ3) is 4.07. The smallest absolute Gasteiger partial charge is 0.239 e. The SMILES string of the molecule is O=C(CN1C[C@@H]2COCCN2c2nc(-c3cncc4[nH]ccc34)ncc21)NCC1CCOCC1. The molecule has 6 heterocycles. The van der Waals surface area contributed by atoms with Crippen molar-refractivity contribution in [3.63, 3.8) is 0 Å². The summed E-state index contributed by atoms with van der Waals surface area (Å²) in [5.41, 5.74) is 2.72. The van der Waals surface area contributed by atoms with Crippen molar-refractivity contribution in [2.24, 2.45) is 5.92 Å². The molecule has 34 heavy (non-hydrogen) atoms. The molecule has 0 aromatic carbocycles. The molecule has 1 amide bonds. The van der Waals surface area contributed by atoms with Crippen molar-refractivity contribution in [3.8, 4) is 11.4 Å². The van der Waals surface area contributed by atoms with Crippen molar-refractivity contribution < 1.29 is 14.3 Å². The Morgan fingerprint density at radius 1 is 1.18 bits per heavy atom. The number of amides is 1. The molecule has 3 aliphatic heterocycles. The van der Waals surface area contributed by atoms with Gasteiger partial charge in [0.25, 0.3) is 0 Å². The van der Waals surface area contributed by atoms with Crippen molar-refractivity contribution in [1.82, 2.24) is 25.3 Å². The van der Waals surface area contributed by atoms with Gasteiger partial charge in [-0.1, -0.05) is 0 Å². The number of H-pyrrole nitrogens is 1. The zero-order chi connectivity index (χ0) is 22.9. The molecule has 3 aliphatic rings. The van der Waals surface area contributed by atoms with Gasteiger partial charge in [0.2, 0.25) is 5.91 Å². The van der Waals surface area contributed by atoms with E-state index in [2.05, 4.69) is 25.1 Å². The highest BCUT2D eigenvalue weighted by molar-refractivity contribution is 5.93. The summed E-state index contributed by atoms with van der Waals surface area (Å²) in [6.07, 6.45) is 9.35. The second-order valence-electron chi connectivity index (χ2n) is 9.19. The van der Waals surface area contributed by atoms with Crippen molar-refractivity contribution >= 4 is 28.3 Å². The Morgan fingerprint density at radius 3 is 3.00 bits per heavy atom. The number of ether oxygens (including phenoxy) is 2. The van der Waals surface area contributed by atoms with Crippen molar-refractivity contribution in [2.75, 3.05) is 62.4 Å². The number of nitrogens with one attached hydrogen (secondary N) is 2. The molecule has 0 saturated carbocycles. The summed E-state index contributed by atoms with van der Waals surface area (Å²) < 4.78 is 11.2. The van der Waals surface area contributed by atoms with Gasteiger partial charge >= 0.3 is 0 Å². The van der Waals surface area contributed by atoms with Crippen LogP contribution < -0.4 is 15.1 Å². The lowest BCUT2D eigenvalue weighted by Gasteiger charge is -2.45. The summed E-state index contributed by atoms with van der Waals surface area (Å²) >= 11 is 0. The monoisotopic (exact) mass is 463 g/mol. The molecule has 2 fully saturated rings. The zero-order valence-corrected chi connectivity index (χ0v) is 19.1. The number of aromatic nitrogens is 4. The molecule has 0 aliphatic carbocycles. The maximum absolute atomic E-state index is 12.8. The largest absolute Gasteiger partial charge is 0.381 e. The summed E-state index contributed by atoms with van der Waals surface area (Å²) in [7, 11) is 0. The quantitative estimate of drug-likeness (QED) is 0.587. The number of anilines is 2. The number of hydrogen-bond acceptors (Lipinski definition) is 8. The molecule has 0 spiro atoms. The minimum absolute atomic E-state index is 0.0213. The molecule has 10 nitrogen and oxygen atoms in total.